The molecule has 82 valence electrons. The molecule has 1 rings (SSSR count). The van der Waals surface area contributed by atoms with Crippen LogP contribution in [0.25, 0.3) is 6.08 Å². The Morgan fingerprint density at radius 1 is 1.27 bits per heavy atom. The summed E-state index contributed by atoms with van der Waals surface area (Å²) >= 11 is 11.5. The maximum atomic E-state index is 10.6. The first kappa shape index (κ1) is 12.6. The molecular weight excluding hydrogens is 262 g/mol. The van der Waals surface area contributed by atoms with Crippen LogP contribution in [0.15, 0.2) is 23.7 Å². The van der Waals surface area contributed by atoms with Gasteiger partial charge >= 0.3 is 7.60 Å². The van der Waals surface area contributed by atoms with Gasteiger partial charge in [-0.2, -0.15) is 0 Å². The molecule has 1 aromatic rings. The van der Waals surface area contributed by atoms with Crippen molar-refractivity contribution in [3.63, 3.8) is 0 Å². The first-order valence-corrected chi connectivity index (χ1v) is 6.10. The third-order valence-corrected chi connectivity index (χ3v) is 2.96. The molecule has 4 nitrogen and oxygen atoms in total. The summed E-state index contributed by atoms with van der Waals surface area (Å²) in [6, 6.07) is 4.56. The Kier molecular flexibility index (Phi) is 3.82. The highest BCUT2D eigenvalue weighted by molar-refractivity contribution is 7.56. The van der Waals surface area contributed by atoms with E-state index in [2.05, 4.69) is 0 Å². The molecule has 0 spiro atoms. The van der Waals surface area contributed by atoms with E-state index in [1.807, 2.05) is 0 Å². The molecule has 0 bridgehead atoms. The van der Waals surface area contributed by atoms with Gasteiger partial charge in [-0.05, 0) is 18.2 Å². The van der Waals surface area contributed by atoms with Crippen molar-refractivity contribution >= 4 is 36.9 Å². The molecule has 0 aromatic heterocycles. The van der Waals surface area contributed by atoms with Gasteiger partial charge in [0, 0.05) is 15.6 Å². The molecule has 1 aromatic carbocycles. The zero-order valence-corrected chi connectivity index (χ0v) is 9.67. The standard InChI is InChI=1S/C8H7Cl2O4P/c9-6-2-1-3-7(10)5(6)4-8(11)15(12,13)14/h1-4,11H,(H2,12,13,14)/b8-4+. The number of halogens is 2. The molecular formula is C8H7Cl2O4P. The summed E-state index contributed by atoms with van der Waals surface area (Å²) in [5, 5.41) is 9.46. The molecule has 0 aliphatic carbocycles. The van der Waals surface area contributed by atoms with Crippen LogP contribution in [0.1, 0.15) is 5.56 Å². The molecule has 0 radical (unpaired) electrons. The minimum atomic E-state index is -4.66. The van der Waals surface area contributed by atoms with E-state index in [0.717, 1.165) is 6.08 Å². The van der Waals surface area contributed by atoms with E-state index >= 15 is 0 Å². The molecule has 0 amide bonds. The van der Waals surface area contributed by atoms with E-state index < -0.39 is 13.1 Å². The van der Waals surface area contributed by atoms with Gasteiger partial charge in [0.15, 0.2) is 0 Å². The highest BCUT2D eigenvalue weighted by Gasteiger charge is 2.20. The van der Waals surface area contributed by atoms with E-state index in [4.69, 9.17) is 38.1 Å². The van der Waals surface area contributed by atoms with E-state index in [1.54, 1.807) is 6.07 Å². The van der Waals surface area contributed by atoms with Crippen molar-refractivity contribution in [2.24, 2.45) is 0 Å². The normalized spacial score (nSPS) is 12.9. The molecule has 0 atom stereocenters. The zero-order chi connectivity index (χ0) is 11.6. The Hall–Kier alpha value is -0.510. The fourth-order valence-corrected chi connectivity index (χ4v) is 1.67. The topological polar surface area (TPSA) is 77.8 Å². The summed E-state index contributed by atoms with van der Waals surface area (Å²) < 4.78 is 10.6. The van der Waals surface area contributed by atoms with Gasteiger partial charge in [0.05, 0.1) is 0 Å². The van der Waals surface area contributed by atoms with Crippen molar-refractivity contribution < 1.29 is 19.5 Å². The van der Waals surface area contributed by atoms with Gasteiger partial charge in [-0.3, -0.25) is 4.57 Å². The smallest absolute Gasteiger partial charge is 0.390 e. The fourth-order valence-electron chi connectivity index (χ4n) is 0.862. The molecule has 7 heteroatoms. The van der Waals surface area contributed by atoms with Crippen molar-refractivity contribution in [1.82, 2.24) is 0 Å². The molecule has 3 N–H and O–H groups in total. The first-order valence-electron chi connectivity index (χ1n) is 3.73. The summed E-state index contributed by atoms with van der Waals surface area (Å²) in [7, 11) is -4.66. The van der Waals surface area contributed by atoms with Gasteiger partial charge < -0.3 is 14.9 Å². The zero-order valence-electron chi connectivity index (χ0n) is 7.26. The Morgan fingerprint density at radius 2 is 1.73 bits per heavy atom. The molecule has 0 saturated carbocycles. The number of hydrogen-bond acceptors (Lipinski definition) is 2. The summed E-state index contributed by atoms with van der Waals surface area (Å²) in [5.41, 5.74) is -0.904. The fraction of sp³-hybridized carbons (Fsp3) is 0. The minimum Gasteiger partial charge on any atom is -0.501 e. The Morgan fingerprint density at radius 3 is 2.13 bits per heavy atom. The van der Waals surface area contributed by atoms with Crippen molar-refractivity contribution in [1.29, 1.82) is 0 Å². The van der Waals surface area contributed by atoms with Gasteiger partial charge in [0.1, 0.15) is 0 Å². The monoisotopic (exact) mass is 268 g/mol. The maximum absolute atomic E-state index is 10.6. The van der Waals surface area contributed by atoms with Gasteiger partial charge in [0.25, 0.3) is 0 Å². The van der Waals surface area contributed by atoms with Crippen LogP contribution in [0.2, 0.25) is 10.0 Å². The highest BCUT2D eigenvalue weighted by atomic mass is 35.5. The maximum Gasteiger partial charge on any atom is 0.390 e. The van der Waals surface area contributed by atoms with Crippen LogP contribution in [0.4, 0.5) is 0 Å². The van der Waals surface area contributed by atoms with Crippen LogP contribution in [0.5, 0.6) is 0 Å². The summed E-state index contributed by atoms with van der Waals surface area (Å²) in [6.45, 7) is 0. The van der Waals surface area contributed by atoms with Gasteiger partial charge in [-0.15, -0.1) is 0 Å². The molecule has 0 fully saturated rings. The Balaban J connectivity index is 3.25. The Labute approximate surface area is 95.9 Å². The van der Waals surface area contributed by atoms with E-state index in [0.29, 0.717) is 0 Å². The lowest BCUT2D eigenvalue weighted by atomic mass is 10.2. The van der Waals surface area contributed by atoms with Crippen LogP contribution in [0, 0.1) is 0 Å². The lowest BCUT2D eigenvalue weighted by Gasteiger charge is -2.04. The molecule has 0 saturated heterocycles. The van der Waals surface area contributed by atoms with Gasteiger partial charge in [0.2, 0.25) is 5.50 Å². The number of aliphatic hydroxyl groups excluding tert-OH is 1. The predicted octanol–water partition coefficient (Wildman–Crippen LogP) is 3.03. The van der Waals surface area contributed by atoms with Crippen molar-refractivity contribution in [3.05, 3.63) is 39.3 Å². The summed E-state index contributed by atoms with van der Waals surface area (Å²) in [5.74, 6) is 0. The van der Waals surface area contributed by atoms with Crippen LogP contribution >= 0.6 is 30.8 Å². The minimum absolute atomic E-state index is 0.168. The Bertz CT molecular complexity index is 432. The van der Waals surface area contributed by atoms with Crippen molar-refractivity contribution in [2.75, 3.05) is 0 Å². The molecule has 15 heavy (non-hydrogen) atoms. The van der Waals surface area contributed by atoms with Crippen molar-refractivity contribution in [3.8, 4) is 0 Å². The van der Waals surface area contributed by atoms with E-state index in [-0.39, 0.29) is 15.6 Å². The third-order valence-electron chi connectivity index (χ3n) is 1.57. The quantitative estimate of drug-likeness (QED) is 0.569. The van der Waals surface area contributed by atoms with E-state index in [9.17, 15) is 4.57 Å². The van der Waals surface area contributed by atoms with Crippen LogP contribution < -0.4 is 0 Å². The SMILES string of the molecule is O=P(O)(O)/C(O)=C/c1c(Cl)cccc1Cl. The number of rotatable bonds is 2. The highest BCUT2D eigenvalue weighted by Crippen LogP contribution is 2.44. The number of hydrogen-bond donors (Lipinski definition) is 3. The first-order chi connectivity index (χ1) is 6.82. The van der Waals surface area contributed by atoms with Crippen LogP contribution in [-0.2, 0) is 4.57 Å². The van der Waals surface area contributed by atoms with Gasteiger partial charge in [-0.25, -0.2) is 0 Å². The average molecular weight is 269 g/mol. The second-order valence-electron chi connectivity index (χ2n) is 2.68. The van der Waals surface area contributed by atoms with Gasteiger partial charge in [-0.1, -0.05) is 29.3 Å². The van der Waals surface area contributed by atoms with Crippen LogP contribution in [-0.4, -0.2) is 14.9 Å². The second-order valence-corrected chi connectivity index (χ2v) is 5.04. The lowest BCUT2D eigenvalue weighted by molar-refractivity contribution is 0.339. The average Bonchev–Trinajstić information content (AvgIpc) is 2.09. The molecule has 0 heterocycles. The predicted molar refractivity (Wildman–Crippen MR) is 59.1 cm³/mol. The summed E-state index contributed by atoms with van der Waals surface area (Å²) in [6.07, 6.45) is 0.853. The summed E-state index contributed by atoms with van der Waals surface area (Å²) in [4.78, 5) is 17.3. The largest absolute Gasteiger partial charge is 0.501 e. The lowest BCUT2D eigenvalue weighted by Crippen LogP contribution is -1.85. The van der Waals surface area contributed by atoms with Crippen molar-refractivity contribution in [2.45, 2.75) is 0 Å². The van der Waals surface area contributed by atoms with Crippen LogP contribution in [0.3, 0.4) is 0 Å². The number of aliphatic hydroxyl groups is 1. The molecule has 0 aliphatic rings. The second kappa shape index (κ2) is 4.56. The van der Waals surface area contributed by atoms with E-state index in [1.165, 1.54) is 12.1 Å². The third kappa shape index (κ3) is 3.23. The molecule has 0 aliphatic heterocycles. The number of benzene rings is 1. The molecule has 0 unspecified atom stereocenters.